The predicted octanol–water partition coefficient (Wildman–Crippen LogP) is 5.19. The van der Waals surface area contributed by atoms with Crippen LogP contribution in [0.4, 0.5) is 16.2 Å². The Kier molecular flexibility index (Phi) is 4.86. The molecule has 0 bridgehead atoms. The Balaban J connectivity index is 1.94. The van der Waals surface area contributed by atoms with Gasteiger partial charge in [0, 0.05) is 23.7 Å². The second kappa shape index (κ2) is 7.05. The summed E-state index contributed by atoms with van der Waals surface area (Å²) in [6.45, 7) is 4.82. The number of benzene rings is 2. The Morgan fingerprint density at radius 2 is 1.92 bits per heavy atom. The Labute approximate surface area is 147 Å². The van der Waals surface area contributed by atoms with Crippen LogP contribution in [0.25, 0.3) is 0 Å². The first-order chi connectivity index (χ1) is 11.5. The van der Waals surface area contributed by atoms with Gasteiger partial charge in [-0.25, -0.2) is 4.79 Å². The first-order valence-electron chi connectivity index (χ1n) is 8.01. The minimum absolute atomic E-state index is 0.220. The summed E-state index contributed by atoms with van der Waals surface area (Å²) in [5.41, 5.74) is 3.74. The number of amides is 2. The van der Waals surface area contributed by atoms with E-state index in [0.717, 1.165) is 42.0 Å². The molecule has 1 N–H and O–H groups in total. The summed E-state index contributed by atoms with van der Waals surface area (Å²) in [4.78, 5) is 19.1. The van der Waals surface area contributed by atoms with Crippen LogP contribution < -0.4 is 10.2 Å². The second-order valence-electron chi connectivity index (χ2n) is 6.02. The van der Waals surface area contributed by atoms with Gasteiger partial charge < -0.3 is 5.32 Å². The highest BCUT2D eigenvalue weighted by atomic mass is 35.5. The molecule has 0 aromatic heterocycles. The van der Waals surface area contributed by atoms with Crippen molar-refractivity contribution >= 4 is 34.8 Å². The Morgan fingerprint density at radius 3 is 2.54 bits per heavy atom. The van der Waals surface area contributed by atoms with Crippen molar-refractivity contribution in [3.63, 3.8) is 0 Å². The molecule has 1 aliphatic rings. The first-order valence-corrected chi connectivity index (χ1v) is 8.39. The molecule has 0 spiro atoms. The number of anilines is 2. The fourth-order valence-electron chi connectivity index (χ4n) is 2.92. The lowest BCUT2D eigenvalue weighted by Gasteiger charge is -2.24. The van der Waals surface area contributed by atoms with Crippen molar-refractivity contribution in [2.75, 3.05) is 16.8 Å². The molecule has 4 nitrogen and oxygen atoms in total. The van der Waals surface area contributed by atoms with Crippen molar-refractivity contribution in [1.82, 2.24) is 0 Å². The van der Waals surface area contributed by atoms with Gasteiger partial charge in [-0.15, -0.1) is 0 Å². The van der Waals surface area contributed by atoms with E-state index in [4.69, 9.17) is 11.6 Å². The highest BCUT2D eigenvalue weighted by Crippen LogP contribution is 2.24. The molecule has 1 aliphatic heterocycles. The molecule has 0 aliphatic carbocycles. The molecule has 3 rings (SSSR count). The number of halogens is 1. The monoisotopic (exact) mass is 341 g/mol. The number of carbonyl (C=O) groups is 1. The summed E-state index contributed by atoms with van der Waals surface area (Å²) in [5, 5.41) is 3.51. The quantitative estimate of drug-likeness (QED) is 0.802. The molecule has 5 heteroatoms. The predicted molar refractivity (Wildman–Crippen MR) is 100 cm³/mol. The van der Waals surface area contributed by atoms with Gasteiger partial charge in [0.25, 0.3) is 0 Å². The fraction of sp³-hybridized carbons (Fsp3) is 0.263. The molecule has 0 fully saturated rings. The van der Waals surface area contributed by atoms with Crippen LogP contribution in [-0.4, -0.2) is 18.4 Å². The van der Waals surface area contributed by atoms with E-state index in [1.165, 1.54) is 0 Å². The van der Waals surface area contributed by atoms with Crippen LogP contribution in [0, 0.1) is 13.8 Å². The molecule has 0 saturated heterocycles. The number of urea groups is 1. The number of nitrogens with zero attached hydrogens (tertiary/aromatic N) is 2. The molecule has 0 unspecified atom stereocenters. The molecule has 2 aromatic carbocycles. The van der Waals surface area contributed by atoms with Gasteiger partial charge in [-0.3, -0.25) is 9.89 Å². The summed E-state index contributed by atoms with van der Waals surface area (Å²) in [5.74, 6) is 0.805. The number of hydrogen-bond acceptors (Lipinski definition) is 2. The molecule has 0 radical (unpaired) electrons. The lowest BCUT2D eigenvalue weighted by Crippen LogP contribution is -2.39. The molecule has 1 heterocycles. The van der Waals surface area contributed by atoms with Gasteiger partial charge in [0.05, 0.1) is 5.69 Å². The van der Waals surface area contributed by atoms with E-state index < -0.39 is 0 Å². The molecule has 124 valence electrons. The Bertz CT molecular complexity index is 781. The number of carbonyl (C=O) groups excluding carboxylic acids is 1. The second-order valence-corrected chi connectivity index (χ2v) is 6.46. The number of nitrogens with one attached hydrogen (secondary N) is 1. The van der Waals surface area contributed by atoms with Crippen molar-refractivity contribution in [3.8, 4) is 0 Å². The van der Waals surface area contributed by atoms with Crippen LogP contribution in [0.1, 0.15) is 24.0 Å². The third-order valence-electron chi connectivity index (χ3n) is 3.85. The molecule has 0 atom stereocenters. The molecular weight excluding hydrogens is 322 g/mol. The third kappa shape index (κ3) is 3.77. The van der Waals surface area contributed by atoms with E-state index in [9.17, 15) is 4.79 Å². The minimum Gasteiger partial charge on any atom is -0.307 e. The van der Waals surface area contributed by atoms with Gasteiger partial charge in [0.2, 0.25) is 0 Å². The number of rotatable bonds is 2. The average Bonchev–Trinajstić information content (AvgIpc) is 3.00. The highest BCUT2D eigenvalue weighted by molar-refractivity contribution is 6.31. The smallest absolute Gasteiger partial charge is 0.307 e. The normalized spacial score (nSPS) is 13.5. The summed E-state index contributed by atoms with van der Waals surface area (Å²) in [6, 6.07) is 13.0. The SMILES string of the molecule is Cc1cc(C)cc(N(C(=O)Nc2cccc(Cl)c2)C2=NCCC2)c1. The zero-order valence-electron chi connectivity index (χ0n) is 13.8. The molecule has 24 heavy (non-hydrogen) atoms. The fourth-order valence-corrected chi connectivity index (χ4v) is 3.11. The lowest BCUT2D eigenvalue weighted by atomic mass is 10.1. The summed E-state index contributed by atoms with van der Waals surface area (Å²) in [6.07, 6.45) is 1.77. The highest BCUT2D eigenvalue weighted by Gasteiger charge is 2.24. The largest absolute Gasteiger partial charge is 0.331 e. The zero-order chi connectivity index (χ0) is 17.1. The lowest BCUT2D eigenvalue weighted by molar-refractivity contribution is 0.259. The van der Waals surface area contributed by atoms with Gasteiger partial charge in [-0.1, -0.05) is 23.7 Å². The molecule has 2 amide bonds. The van der Waals surface area contributed by atoms with Crippen LogP contribution >= 0.6 is 11.6 Å². The van der Waals surface area contributed by atoms with Crippen molar-refractivity contribution in [1.29, 1.82) is 0 Å². The van der Waals surface area contributed by atoms with Crippen molar-refractivity contribution < 1.29 is 4.79 Å². The van der Waals surface area contributed by atoms with Crippen molar-refractivity contribution in [3.05, 3.63) is 58.6 Å². The molecular formula is C19H20ClN3O. The maximum Gasteiger partial charge on any atom is 0.331 e. The van der Waals surface area contributed by atoms with Gasteiger partial charge >= 0.3 is 6.03 Å². The summed E-state index contributed by atoms with van der Waals surface area (Å²) in [7, 11) is 0. The maximum absolute atomic E-state index is 12.9. The van der Waals surface area contributed by atoms with E-state index in [1.54, 1.807) is 17.0 Å². The standard InChI is InChI=1S/C19H20ClN3O/c1-13-9-14(2)11-17(10-13)23(18-7-4-8-21-18)19(24)22-16-6-3-5-15(20)12-16/h3,5-6,9-12H,4,7-8H2,1-2H3,(H,22,24). The first kappa shape index (κ1) is 16.5. The van der Waals surface area contributed by atoms with Gasteiger partial charge in [-0.05, 0) is 61.7 Å². The van der Waals surface area contributed by atoms with E-state index in [-0.39, 0.29) is 6.03 Å². The Morgan fingerprint density at radius 1 is 1.17 bits per heavy atom. The summed E-state index contributed by atoms with van der Waals surface area (Å²) >= 11 is 6.00. The topological polar surface area (TPSA) is 44.7 Å². The molecule has 0 saturated carbocycles. The van der Waals surface area contributed by atoms with E-state index in [2.05, 4.69) is 16.4 Å². The minimum atomic E-state index is -0.220. The van der Waals surface area contributed by atoms with Gasteiger partial charge in [-0.2, -0.15) is 0 Å². The van der Waals surface area contributed by atoms with Crippen LogP contribution in [0.2, 0.25) is 5.02 Å². The zero-order valence-corrected chi connectivity index (χ0v) is 14.6. The number of hydrogen-bond donors (Lipinski definition) is 1. The van der Waals surface area contributed by atoms with Crippen molar-refractivity contribution in [2.24, 2.45) is 4.99 Å². The Hall–Kier alpha value is -2.33. The molecule has 2 aromatic rings. The number of aryl methyl sites for hydroxylation is 2. The van der Waals surface area contributed by atoms with Crippen LogP contribution in [-0.2, 0) is 0 Å². The maximum atomic E-state index is 12.9. The summed E-state index contributed by atoms with van der Waals surface area (Å²) < 4.78 is 0. The van der Waals surface area contributed by atoms with Crippen molar-refractivity contribution in [2.45, 2.75) is 26.7 Å². The van der Waals surface area contributed by atoms with Gasteiger partial charge in [0.15, 0.2) is 0 Å². The van der Waals surface area contributed by atoms with E-state index in [1.807, 2.05) is 38.1 Å². The van der Waals surface area contributed by atoms with Gasteiger partial charge in [0.1, 0.15) is 5.84 Å². The number of amidine groups is 1. The average molecular weight is 342 g/mol. The van der Waals surface area contributed by atoms with E-state index in [0.29, 0.717) is 10.7 Å². The van der Waals surface area contributed by atoms with Crippen LogP contribution in [0.5, 0.6) is 0 Å². The van der Waals surface area contributed by atoms with Crippen LogP contribution in [0.15, 0.2) is 47.5 Å². The number of aliphatic imine (C=N–C) groups is 1. The third-order valence-corrected chi connectivity index (χ3v) is 4.09. The van der Waals surface area contributed by atoms with E-state index >= 15 is 0 Å². The van der Waals surface area contributed by atoms with Crippen LogP contribution in [0.3, 0.4) is 0 Å².